The molecule has 0 bridgehead atoms. The van der Waals surface area contributed by atoms with Gasteiger partial charge in [0.25, 0.3) is 0 Å². The van der Waals surface area contributed by atoms with E-state index < -0.39 is 21.5 Å². The number of carbonyl (C=O) groups is 1. The predicted octanol–water partition coefficient (Wildman–Crippen LogP) is 2.74. The maximum atomic E-state index is 14.0. The fourth-order valence-corrected chi connectivity index (χ4v) is 4.97. The molecule has 0 radical (unpaired) electrons. The topological polar surface area (TPSA) is 57.7 Å². The standard InChI is InChI=1S/C21H22F2N2O3S/c1-29(27,28)16-7-5-14(6-8-16)12-25-18-9-10-24(19(18)11-20(25)26)13-15-3-2-4-17(22)21(15)23/h2-8,18-19H,9-13H2,1H3/t18-,19-/m0/s1. The Morgan fingerprint density at radius 1 is 1.03 bits per heavy atom. The molecule has 2 aliphatic rings. The van der Waals surface area contributed by atoms with Crippen LogP contribution in [0.3, 0.4) is 0 Å². The lowest BCUT2D eigenvalue weighted by molar-refractivity contribution is -0.129. The number of sulfone groups is 1. The van der Waals surface area contributed by atoms with Gasteiger partial charge in [-0.2, -0.15) is 0 Å². The first kappa shape index (κ1) is 20.0. The van der Waals surface area contributed by atoms with E-state index in [2.05, 4.69) is 0 Å². The summed E-state index contributed by atoms with van der Waals surface area (Å²) >= 11 is 0. The number of fused-ring (bicyclic) bond motifs is 1. The van der Waals surface area contributed by atoms with Crippen LogP contribution in [0.2, 0.25) is 0 Å². The molecule has 2 atom stereocenters. The summed E-state index contributed by atoms with van der Waals surface area (Å²) in [7, 11) is -3.26. The van der Waals surface area contributed by atoms with Gasteiger partial charge >= 0.3 is 0 Å². The van der Waals surface area contributed by atoms with Gasteiger partial charge in [-0.3, -0.25) is 9.69 Å². The Kier molecular flexibility index (Phi) is 5.16. The average molecular weight is 420 g/mol. The molecule has 2 aromatic rings. The van der Waals surface area contributed by atoms with Crippen LogP contribution >= 0.6 is 0 Å². The summed E-state index contributed by atoms with van der Waals surface area (Å²) in [5.41, 5.74) is 1.16. The van der Waals surface area contributed by atoms with Crippen LogP contribution in [-0.2, 0) is 27.7 Å². The molecule has 154 valence electrons. The highest BCUT2D eigenvalue weighted by Crippen LogP contribution is 2.35. The van der Waals surface area contributed by atoms with E-state index in [0.29, 0.717) is 25.1 Å². The predicted molar refractivity (Wildman–Crippen MR) is 104 cm³/mol. The van der Waals surface area contributed by atoms with E-state index >= 15 is 0 Å². The number of rotatable bonds is 5. The van der Waals surface area contributed by atoms with Gasteiger partial charge in [-0.1, -0.05) is 24.3 Å². The monoisotopic (exact) mass is 420 g/mol. The Balaban J connectivity index is 1.47. The maximum Gasteiger partial charge on any atom is 0.224 e. The first-order valence-corrected chi connectivity index (χ1v) is 11.4. The van der Waals surface area contributed by atoms with Gasteiger partial charge in [0, 0.05) is 50.0 Å². The quantitative estimate of drug-likeness (QED) is 0.747. The highest BCUT2D eigenvalue weighted by atomic mass is 32.2. The Labute approximate surface area is 168 Å². The molecule has 8 heteroatoms. The van der Waals surface area contributed by atoms with Crippen molar-refractivity contribution in [2.24, 2.45) is 0 Å². The Hall–Kier alpha value is -2.32. The summed E-state index contributed by atoms with van der Waals surface area (Å²) in [6, 6.07) is 10.7. The molecule has 2 aliphatic heterocycles. The van der Waals surface area contributed by atoms with Crippen molar-refractivity contribution >= 4 is 15.7 Å². The van der Waals surface area contributed by atoms with Gasteiger partial charge in [-0.25, -0.2) is 17.2 Å². The highest BCUT2D eigenvalue weighted by Gasteiger charge is 2.46. The van der Waals surface area contributed by atoms with Crippen molar-refractivity contribution in [3.05, 3.63) is 65.2 Å². The zero-order valence-electron chi connectivity index (χ0n) is 16.0. The van der Waals surface area contributed by atoms with Gasteiger partial charge in [0.05, 0.1) is 4.90 Å². The third-order valence-corrected chi connectivity index (χ3v) is 6.97. The van der Waals surface area contributed by atoms with E-state index in [1.165, 1.54) is 6.07 Å². The first-order chi connectivity index (χ1) is 13.7. The third kappa shape index (κ3) is 3.91. The largest absolute Gasteiger partial charge is 0.334 e. The molecular formula is C21H22F2N2O3S. The molecular weight excluding hydrogens is 398 g/mol. The molecule has 5 nitrogen and oxygen atoms in total. The van der Waals surface area contributed by atoms with E-state index in [1.807, 2.05) is 9.80 Å². The fourth-order valence-electron chi connectivity index (χ4n) is 4.34. The first-order valence-electron chi connectivity index (χ1n) is 9.49. The zero-order chi connectivity index (χ0) is 20.8. The summed E-state index contributed by atoms with van der Waals surface area (Å²) in [6.07, 6.45) is 2.28. The number of carbonyl (C=O) groups excluding carboxylic acids is 1. The van der Waals surface area contributed by atoms with Gasteiger partial charge in [-0.05, 0) is 30.2 Å². The van der Waals surface area contributed by atoms with Gasteiger partial charge in [-0.15, -0.1) is 0 Å². The molecule has 2 heterocycles. The molecule has 2 saturated heterocycles. The molecule has 0 saturated carbocycles. The van der Waals surface area contributed by atoms with Crippen LogP contribution in [0.4, 0.5) is 8.78 Å². The summed E-state index contributed by atoms with van der Waals surface area (Å²) < 4.78 is 50.7. The minimum absolute atomic E-state index is 0.0219. The van der Waals surface area contributed by atoms with Crippen LogP contribution in [0, 0.1) is 11.6 Å². The summed E-state index contributed by atoms with van der Waals surface area (Å²) in [5, 5.41) is 0. The minimum Gasteiger partial charge on any atom is -0.334 e. The number of hydrogen-bond acceptors (Lipinski definition) is 4. The molecule has 2 fully saturated rings. The number of benzene rings is 2. The molecule has 0 N–H and O–H groups in total. The van der Waals surface area contributed by atoms with Crippen LogP contribution in [0.5, 0.6) is 0 Å². The third-order valence-electron chi connectivity index (χ3n) is 5.84. The van der Waals surface area contributed by atoms with Crippen molar-refractivity contribution in [1.82, 2.24) is 9.80 Å². The van der Waals surface area contributed by atoms with E-state index in [9.17, 15) is 22.0 Å². The van der Waals surface area contributed by atoms with Gasteiger partial charge in [0.15, 0.2) is 21.5 Å². The zero-order valence-corrected chi connectivity index (χ0v) is 16.8. The van der Waals surface area contributed by atoms with Gasteiger partial charge in [0.2, 0.25) is 5.91 Å². The van der Waals surface area contributed by atoms with E-state index in [0.717, 1.165) is 24.3 Å². The SMILES string of the molecule is CS(=O)(=O)c1ccc(CN2C(=O)C[C@H]3[C@@H]2CCN3Cc2cccc(F)c2F)cc1. The molecule has 0 aliphatic carbocycles. The average Bonchev–Trinajstić information content (AvgIpc) is 3.19. The van der Waals surface area contributed by atoms with E-state index in [4.69, 9.17) is 0 Å². The van der Waals surface area contributed by atoms with E-state index in [-0.39, 0.29) is 29.4 Å². The van der Waals surface area contributed by atoms with Crippen LogP contribution in [0.15, 0.2) is 47.4 Å². The second-order valence-corrected chi connectivity index (χ2v) is 9.76. The number of amides is 1. The smallest absolute Gasteiger partial charge is 0.224 e. The van der Waals surface area contributed by atoms with Crippen LogP contribution in [-0.4, -0.2) is 49.0 Å². The van der Waals surface area contributed by atoms with E-state index in [1.54, 1.807) is 30.3 Å². The normalized spacial score (nSPS) is 22.3. The lowest BCUT2D eigenvalue weighted by Gasteiger charge is -2.25. The molecule has 0 aromatic heterocycles. The Bertz CT molecular complexity index is 1040. The van der Waals surface area contributed by atoms with Gasteiger partial charge in [0.1, 0.15) is 0 Å². The van der Waals surface area contributed by atoms with Crippen molar-refractivity contribution in [2.75, 3.05) is 12.8 Å². The summed E-state index contributed by atoms with van der Waals surface area (Å²) in [6.45, 7) is 1.39. The molecule has 0 spiro atoms. The second-order valence-electron chi connectivity index (χ2n) is 7.75. The van der Waals surface area contributed by atoms with Crippen molar-refractivity contribution in [3.8, 4) is 0 Å². The summed E-state index contributed by atoms with van der Waals surface area (Å²) in [5.74, 6) is -1.67. The highest BCUT2D eigenvalue weighted by molar-refractivity contribution is 7.90. The van der Waals surface area contributed by atoms with Crippen LogP contribution in [0.25, 0.3) is 0 Å². The molecule has 1 amide bonds. The van der Waals surface area contributed by atoms with Crippen molar-refractivity contribution in [1.29, 1.82) is 0 Å². The minimum atomic E-state index is -3.26. The lowest BCUT2D eigenvalue weighted by Crippen LogP contribution is -2.36. The Morgan fingerprint density at radius 2 is 1.76 bits per heavy atom. The van der Waals surface area contributed by atoms with Crippen molar-refractivity contribution in [2.45, 2.75) is 42.9 Å². The van der Waals surface area contributed by atoms with Crippen LogP contribution < -0.4 is 0 Å². The van der Waals surface area contributed by atoms with Gasteiger partial charge < -0.3 is 4.90 Å². The number of nitrogens with zero attached hydrogens (tertiary/aromatic N) is 2. The number of likely N-dealkylation sites (tertiary alicyclic amines) is 2. The molecule has 4 rings (SSSR count). The number of halogens is 2. The number of hydrogen-bond donors (Lipinski definition) is 0. The second kappa shape index (κ2) is 7.50. The lowest BCUT2D eigenvalue weighted by atomic mass is 10.1. The Morgan fingerprint density at radius 3 is 2.45 bits per heavy atom. The maximum absolute atomic E-state index is 14.0. The van der Waals surface area contributed by atoms with Crippen molar-refractivity contribution < 1.29 is 22.0 Å². The van der Waals surface area contributed by atoms with Crippen molar-refractivity contribution in [3.63, 3.8) is 0 Å². The molecule has 29 heavy (non-hydrogen) atoms. The van der Waals surface area contributed by atoms with Crippen LogP contribution in [0.1, 0.15) is 24.0 Å². The summed E-state index contributed by atoms with van der Waals surface area (Å²) in [4.78, 5) is 16.7. The molecule has 2 aromatic carbocycles. The molecule has 0 unspecified atom stereocenters. The fraction of sp³-hybridized carbons (Fsp3) is 0.381.